The fourth-order valence-electron chi connectivity index (χ4n) is 2.33. The van der Waals surface area contributed by atoms with Gasteiger partial charge in [-0.3, -0.25) is 15.5 Å². The number of rotatable bonds is 7. The van der Waals surface area contributed by atoms with Crippen LogP contribution in [-0.2, 0) is 9.53 Å². The number of nitriles is 1. The average Bonchev–Trinajstić information content (AvgIpc) is 2.72. The molecule has 0 aliphatic rings. The number of aromatic hydroxyl groups is 1. The summed E-state index contributed by atoms with van der Waals surface area (Å²) in [6, 6.07) is 9.92. The smallest absolute Gasteiger partial charge is 0.414 e. The van der Waals surface area contributed by atoms with E-state index in [-0.39, 0.29) is 12.4 Å². The minimum absolute atomic E-state index is 0.0837. The number of alkyl carbamates (subject to hydrolysis) is 1. The molecular weight excluding hydrogens is 642 g/mol. The van der Waals surface area contributed by atoms with Gasteiger partial charge in [0.1, 0.15) is 17.6 Å². The van der Waals surface area contributed by atoms with Crippen molar-refractivity contribution in [3.63, 3.8) is 0 Å². The molecule has 2 aromatic rings. The van der Waals surface area contributed by atoms with E-state index in [4.69, 9.17) is 10.00 Å². The number of carbonyl (C=O) groups is 2. The Kier molecular flexibility index (Phi) is 9.27. The summed E-state index contributed by atoms with van der Waals surface area (Å²) in [6.07, 6.45) is -0.963. The maximum atomic E-state index is 11.9. The number of imide groups is 1. The Bertz CT molecular complexity index is 1120. The van der Waals surface area contributed by atoms with Crippen LogP contribution in [0.15, 0.2) is 42.0 Å². The fourth-order valence-corrected chi connectivity index (χ4v) is 4.31. The summed E-state index contributed by atoms with van der Waals surface area (Å²) in [4.78, 5) is 23.2. The molecule has 0 atom stereocenters. The van der Waals surface area contributed by atoms with E-state index in [9.17, 15) is 14.7 Å². The molecule has 32 heavy (non-hydrogen) atoms. The molecule has 11 heteroatoms. The number of anilines is 1. The van der Waals surface area contributed by atoms with Gasteiger partial charge in [0.25, 0.3) is 5.91 Å². The molecule has 0 fully saturated rings. The van der Waals surface area contributed by atoms with Crippen molar-refractivity contribution in [3.05, 3.63) is 49.6 Å². The number of phenols is 1. The highest BCUT2D eigenvalue weighted by atomic mass is 127. The third kappa shape index (κ3) is 6.82. The van der Waals surface area contributed by atoms with Crippen molar-refractivity contribution in [1.82, 2.24) is 5.32 Å². The maximum absolute atomic E-state index is 11.9. The largest absolute Gasteiger partial charge is 0.507 e. The zero-order valence-corrected chi connectivity index (χ0v) is 21.3. The number of carbonyl (C=O) groups excluding carboxylic acids is 2. The molecule has 2 amide bonds. The lowest BCUT2D eigenvalue weighted by atomic mass is 10.1. The first-order valence-electron chi connectivity index (χ1n) is 9.04. The standard InChI is InChI=1S/C21H18I2N4O5/c1-4-31-21(30)25-20(29)17(10-24)27-26-12-7-15(22)19(16(23)8-12)32-13-5-6-18(28)14(9-13)11(2)3/h5-9,26,28H,2,4H2,1,3H3,(H,25,29,30). The lowest BCUT2D eigenvalue weighted by molar-refractivity contribution is -0.114. The predicted octanol–water partition coefficient (Wildman–Crippen LogP) is 4.99. The quantitative estimate of drug-likeness (QED) is 0.217. The summed E-state index contributed by atoms with van der Waals surface area (Å²) in [6.45, 7) is 7.30. The molecule has 0 bridgehead atoms. The molecule has 0 heterocycles. The number of nitrogens with one attached hydrogen (secondary N) is 2. The number of halogens is 2. The zero-order valence-electron chi connectivity index (χ0n) is 17.0. The van der Waals surface area contributed by atoms with Crippen molar-refractivity contribution in [2.24, 2.45) is 5.10 Å². The number of nitrogens with zero attached hydrogens (tertiary/aromatic N) is 2. The van der Waals surface area contributed by atoms with E-state index < -0.39 is 17.7 Å². The Morgan fingerprint density at radius 1 is 1.25 bits per heavy atom. The van der Waals surface area contributed by atoms with Crippen molar-refractivity contribution in [2.45, 2.75) is 13.8 Å². The molecule has 0 radical (unpaired) electrons. The van der Waals surface area contributed by atoms with Crippen molar-refractivity contribution in [1.29, 1.82) is 5.26 Å². The van der Waals surface area contributed by atoms with Gasteiger partial charge in [-0.2, -0.15) is 10.4 Å². The molecule has 9 nitrogen and oxygen atoms in total. The highest BCUT2D eigenvalue weighted by Crippen LogP contribution is 2.36. The number of amides is 2. The Morgan fingerprint density at radius 3 is 2.47 bits per heavy atom. The minimum atomic E-state index is -0.983. The van der Waals surface area contributed by atoms with Crippen LogP contribution >= 0.6 is 45.2 Å². The van der Waals surface area contributed by atoms with Crippen LogP contribution < -0.4 is 15.5 Å². The number of hydrogen-bond donors (Lipinski definition) is 3. The first kappa shape index (κ1) is 25.4. The van der Waals surface area contributed by atoms with Gasteiger partial charge >= 0.3 is 6.09 Å². The number of hydrazone groups is 1. The second-order valence-electron chi connectivity index (χ2n) is 6.19. The van der Waals surface area contributed by atoms with E-state index in [0.717, 1.165) is 7.14 Å². The number of hydrogen-bond acceptors (Lipinski definition) is 8. The van der Waals surface area contributed by atoms with Crippen LogP contribution in [0.5, 0.6) is 17.2 Å². The molecule has 0 aliphatic carbocycles. The molecule has 0 spiro atoms. The molecule has 0 aromatic heterocycles. The van der Waals surface area contributed by atoms with Gasteiger partial charge in [0, 0.05) is 5.56 Å². The molecule has 0 aliphatic heterocycles. The second-order valence-corrected chi connectivity index (χ2v) is 8.51. The summed E-state index contributed by atoms with van der Waals surface area (Å²) in [5.74, 6) is 0.243. The number of phenolic OH excluding ortho intramolecular Hbond substituents is 1. The Labute approximate surface area is 211 Å². The van der Waals surface area contributed by atoms with Gasteiger partial charge < -0.3 is 14.6 Å². The molecule has 166 valence electrons. The maximum Gasteiger partial charge on any atom is 0.414 e. The first-order chi connectivity index (χ1) is 15.2. The van der Waals surface area contributed by atoms with Crippen LogP contribution in [0.1, 0.15) is 19.4 Å². The van der Waals surface area contributed by atoms with Crippen molar-refractivity contribution in [2.75, 3.05) is 12.0 Å². The van der Waals surface area contributed by atoms with Gasteiger partial charge in [-0.25, -0.2) is 4.79 Å². The van der Waals surface area contributed by atoms with E-state index in [1.165, 1.54) is 6.07 Å². The van der Waals surface area contributed by atoms with E-state index in [0.29, 0.717) is 28.3 Å². The van der Waals surface area contributed by atoms with Crippen LogP contribution in [0.25, 0.3) is 5.57 Å². The van der Waals surface area contributed by atoms with E-state index >= 15 is 0 Å². The SMILES string of the molecule is C=C(C)c1cc(Oc2c(I)cc(NN=C(C#N)C(=O)NC(=O)OCC)cc2I)ccc1O. The van der Waals surface area contributed by atoms with Crippen molar-refractivity contribution < 1.29 is 24.2 Å². The highest BCUT2D eigenvalue weighted by Gasteiger charge is 2.16. The van der Waals surface area contributed by atoms with E-state index in [1.807, 2.05) is 5.32 Å². The molecule has 2 aromatic carbocycles. The predicted molar refractivity (Wildman–Crippen MR) is 137 cm³/mol. The lowest BCUT2D eigenvalue weighted by Gasteiger charge is -2.13. The van der Waals surface area contributed by atoms with Crippen LogP contribution in [-0.4, -0.2) is 29.4 Å². The molecule has 0 saturated heterocycles. The summed E-state index contributed by atoms with van der Waals surface area (Å²) >= 11 is 4.16. The Morgan fingerprint density at radius 2 is 1.91 bits per heavy atom. The third-order valence-corrected chi connectivity index (χ3v) is 5.36. The number of benzene rings is 2. The van der Waals surface area contributed by atoms with Crippen LogP contribution in [0.4, 0.5) is 10.5 Å². The fraction of sp³-hybridized carbons (Fsp3) is 0.143. The van der Waals surface area contributed by atoms with Crippen LogP contribution in [0.2, 0.25) is 0 Å². The Balaban J connectivity index is 2.20. The van der Waals surface area contributed by atoms with E-state index in [1.54, 1.807) is 44.2 Å². The number of allylic oxidation sites excluding steroid dienone is 1. The van der Waals surface area contributed by atoms with Gasteiger partial charge in [0.2, 0.25) is 5.71 Å². The van der Waals surface area contributed by atoms with Crippen molar-refractivity contribution >= 4 is 74.2 Å². The average molecular weight is 660 g/mol. The van der Waals surface area contributed by atoms with Crippen LogP contribution in [0, 0.1) is 18.5 Å². The summed E-state index contributed by atoms with van der Waals surface area (Å²) in [7, 11) is 0. The number of ether oxygens (including phenoxy) is 2. The molecule has 0 saturated carbocycles. The highest BCUT2D eigenvalue weighted by molar-refractivity contribution is 14.1. The van der Waals surface area contributed by atoms with Crippen molar-refractivity contribution in [3.8, 4) is 23.3 Å². The van der Waals surface area contributed by atoms with Gasteiger partial charge in [0.15, 0.2) is 5.75 Å². The Hall–Kier alpha value is -2.86. The molecular formula is C21H18I2N4O5. The molecule has 0 unspecified atom stereocenters. The summed E-state index contributed by atoms with van der Waals surface area (Å²) in [5, 5.41) is 24.7. The van der Waals surface area contributed by atoms with Gasteiger partial charge in [-0.05, 0) is 94.9 Å². The van der Waals surface area contributed by atoms with Gasteiger partial charge in [-0.15, -0.1) is 0 Å². The molecule has 3 N–H and O–H groups in total. The molecule has 2 rings (SSSR count). The summed E-state index contributed by atoms with van der Waals surface area (Å²) in [5.41, 5.74) is 3.88. The zero-order chi connectivity index (χ0) is 23.8. The van der Waals surface area contributed by atoms with E-state index in [2.05, 4.69) is 67.0 Å². The second kappa shape index (κ2) is 11.7. The normalized spacial score (nSPS) is 10.7. The first-order valence-corrected chi connectivity index (χ1v) is 11.2. The topological polar surface area (TPSA) is 133 Å². The monoisotopic (exact) mass is 660 g/mol. The van der Waals surface area contributed by atoms with Gasteiger partial charge in [-0.1, -0.05) is 6.58 Å². The third-order valence-electron chi connectivity index (χ3n) is 3.75. The summed E-state index contributed by atoms with van der Waals surface area (Å²) < 4.78 is 12.1. The minimum Gasteiger partial charge on any atom is -0.507 e. The van der Waals surface area contributed by atoms with Crippen LogP contribution in [0.3, 0.4) is 0 Å². The lowest BCUT2D eigenvalue weighted by Crippen LogP contribution is -2.36. The van der Waals surface area contributed by atoms with Gasteiger partial charge in [0.05, 0.1) is 19.4 Å².